The first kappa shape index (κ1) is 17.7. The second kappa shape index (κ2) is 7.76. The molecule has 1 aromatic carbocycles. The Kier molecular flexibility index (Phi) is 5.73. The van der Waals surface area contributed by atoms with Gasteiger partial charge in [0.2, 0.25) is 5.91 Å². The molecule has 1 saturated heterocycles. The lowest BCUT2D eigenvalue weighted by molar-refractivity contribution is -0.384. The number of hydrogen-bond acceptors (Lipinski definition) is 5. The van der Waals surface area contributed by atoms with Gasteiger partial charge in [0, 0.05) is 58.0 Å². The van der Waals surface area contributed by atoms with Gasteiger partial charge >= 0.3 is 0 Å². The van der Waals surface area contributed by atoms with Gasteiger partial charge in [0.15, 0.2) is 0 Å². The van der Waals surface area contributed by atoms with E-state index in [9.17, 15) is 19.7 Å². The highest BCUT2D eigenvalue weighted by Gasteiger charge is 2.20. The van der Waals surface area contributed by atoms with Gasteiger partial charge in [0.1, 0.15) is 0 Å². The average Bonchev–Trinajstić information content (AvgIpc) is 3.08. The molecule has 1 fully saturated rings. The van der Waals surface area contributed by atoms with Crippen LogP contribution in [0.1, 0.15) is 29.6 Å². The van der Waals surface area contributed by atoms with Crippen molar-refractivity contribution < 1.29 is 14.5 Å². The third-order valence-corrected chi connectivity index (χ3v) is 4.00. The molecule has 0 atom stereocenters. The van der Waals surface area contributed by atoms with Gasteiger partial charge < -0.3 is 15.1 Å². The first-order chi connectivity index (χ1) is 11.4. The van der Waals surface area contributed by atoms with E-state index in [0.29, 0.717) is 5.69 Å². The van der Waals surface area contributed by atoms with E-state index in [-0.39, 0.29) is 30.1 Å². The first-order valence-corrected chi connectivity index (χ1v) is 7.92. The molecule has 0 unspecified atom stereocenters. The van der Waals surface area contributed by atoms with Gasteiger partial charge in [-0.2, -0.15) is 0 Å². The number of anilines is 1. The molecular weight excluding hydrogens is 312 g/mol. The predicted molar refractivity (Wildman–Crippen MR) is 90.2 cm³/mol. The quantitative estimate of drug-likeness (QED) is 0.627. The zero-order chi connectivity index (χ0) is 17.7. The number of benzene rings is 1. The monoisotopic (exact) mass is 334 g/mol. The van der Waals surface area contributed by atoms with E-state index in [1.807, 2.05) is 0 Å². The molecule has 0 aliphatic carbocycles. The summed E-state index contributed by atoms with van der Waals surface area (Å²) in [6.45, 7) is 1.77. The van der Waals surface area contributed by atoms with Gasteiger partial charge in [-0.05, 0) is 18.9 Å². The SMILES string of the molecule is CN(C)c1ccc([N+](=O)[O-])cc1C(=O)NCCC(=O)N1CCCC1. The van der Waals surface area contributed by atoms with Crippen molar-refractivity contribution in [1.29, 1.82) is 0 Å². The van der Waals surface area contributed by atoms with Gasteiger partial charge in [-0.3, -0.25) is 19.7 Å². The van der Waals surface area contributed by atoms with Crippen molar-refractivity contribution in [3.05, 3.63) is 33.9 Å². The number of hydrogen-bond donors (Lipinski definition) is 1. The summed E-state index contributed by atoms with van der Waals surface area (Å²) < 4.78 is 0. The smallest absolute Gasteiger partial charge is 0.270 e. The average molecular weight is 334 g/mol. The zero-order valence-corrected chi connectivity index (χ0v) is 13.9. The van der Waals surface area contributed by atoms with Gasteiger partial charge in [-0.1, -0.05) is 0 Å². The van der Waals surface area contributed by atoms with Crippen molar-refractivity contribution in [3.63, 3.8) is 0 Å². The highest BCUT2D eigenvalue weighted by atomic mass is 16.6. The summed E-state index contributed by atoms with van der Waals surface area (Å²) in [6.07, 6.45) is 2.29. The molecule has 1 aromatic rings. The molecule has 0 radical (unpaired) electrons. The number of carbonyl (C=O) groups is 2. The molecule has 2 rings (SSSR count). The molecule has 0 saturated carbocycles. The van der Waals surface area contributed by atoms with Gasteiger partial charge in [0.25, 0.3) is 11.6 Å². The normalized spacial score (nSPS) is 13.7. The molecule has 130 valence electrons. The Morgan fingerprint density at radius 3 is 2.54 bits per heavy atom. The fourth-order valence-corrected chi connectivity index (χ4v) is 2.71. The first-order valence-electron chi connectivity index (χ1n) is 7.92. The molecule has 0 bridgehead atoms. The van der Waals surface area contributed by atoms with Crippen molar-refractivity contribution in [1.82, 2.24) is 10.2 Å². The molecule has 1 aliphatic heterocycles. The Bertz CT molecular complexity index is 639. The molecule has 8 heteroatoms. The minimum atomic E-state index is -0.535. The Morgan fingerprint density at radius 2 is 1.96 bits per heavy atom. The molecule has 1 N–H and O–H groups in total. The lowest BCUT2D eigenvalue weighted by Crippen LogP contribution is -2.33. The minimum Gasteiger partial charge on any atom is -0.377 e. The summed E-state index contributed by atoms with van der Waals surface area (Å²) in [5.41, 5.74) is 0.672. The van der Waals surface area contributed by atoms with E-state index in [2.05, 4.69) is 5.32 Å². The molecule has 2 amide bonds. The van der Waals surface area contributed by atoms with Crippen LogP contribution in [0.15, 0.2) is 18.2 Å². The van der Waals surface area contributed by atoms with E-state index >= 15 is 0 Å². The third kappa shape index (κ3) is 4.21. The van der Waals surface area contributed by atoms with E-state index in [1.165, 1.54) is 12.1 Å². The maximum atomic E-state index is 12.4. The van der Waals surface area contributed by atoms with Crippen LogP contribution in [0.2, 0.25) is 0 Å². The topological polar surface area (TPSA) is 95.8 Å². The van der Waals surface area contributed by atoms with Crippen LogP contribution >= 0.6 is 0 Å². The summed E-state index contributed by atoms with van der Waals surface area (Å²) in [4.78, 5) is 38.2. The lowest BCUT2D eigenvalue weighted by Gasteiger charge is -2.18. The number of likely N-dealkylation sites (tertiary alicyclic amines) is 1. The summed E-state index contributed by atoms with van der Waals surface area (Å²) in [5.74, 6) is -0.392. The number of amides is 2. The number of nitro benzene ring substituents is 1. The maximum absolute atomic E-state index is 12.4. The molecule has 1 heterocycles. The van der Waals surface area contributed by atoms with Crippen LogP contribution in [-0.4, -0.2) is 55.4 Å². The van der Waals surface area contributed by atoms with Crippen LogP contribution in [0, 0.1) is 10.1 Å². The van der Waals surface area contributed by atoms with E-state index in [4.69, 9.17) is 0 Å². The standard InChI is InChI=1S/C16H22N4O4/c1-18(2)14-6-5-12(20(23)24)11-13(14)16(22)17-8-7-15(21)19-9-3-4-10-19/h5-6,11H,3-4,7-10H2,1-2H3,(H,17,22). The zero-order valence-electron chi connectivity index (χ0n) is 13.9. The van der Waals surface area contributed by atoms with Crippen molar-refractivity contribution in [2.75, 3.05) is 38.6 Å². The van der Waals surface area contributed by atoms with Crippen molar-refractivity contribution in [2.45, 2.75) is 19.3 Å². The molecule has 0 spiro atoms. The van der Waals surface area contributed by atoms with Crippen LogP contribution < -0.4 is 10.2 Å². The third-order valence-electron chi connectivity index (χ3n) is 4.00. The van der Waals surface area contributed by atoms with E-state index < -0.39 is 10.8 Å². The second-order valence-electron chi connectivity index (χ2n) is 5.95. The number of non-ortho nitro benzene ring substituents is 1. The number of rotatable bonds is 6. The van der Waals surface area contributed by atoms with Crippen LogP contribution in [-0.2, 0) is 4.79 Å². The summed E-state index contributed by atoms with van der Waals surface area (Å²) in [5, 5.41) is 13.6. The van der Waals surface area contributed by atoms with E-state index in [0.717, 1.165) is 25.9 Å². The number of nitro groups is 1. The molecule has 24 heavy (non-hydrogen) atoms. The maximum Gasteiger partial charge on any atom is 0.270 e. The van der Waals surface area contributed by atoms with Gasteiger partial charge in [-0.25, -0.2) is 0 Å². The lowest BCUT2D eigenvalue weighted by atomic mass is 10.1. The summed E-state index contributed by atoms with van der Waals surface area (Å²) in [7, 11) is 3.52. The highest BCUT2D eigenvalue weighted by Crippen LogP contribution is 2.24. The molecular formula is C16H22N4O4. The molecule has 0 aromatic heterocycles. The van der Waals surface area contributed by atoms with Crippen molar-refractivity contribution >= 4 is 23.2 Å². The second-order valence-corrected chi connectivity index (χ2v) is 5.95. The fourth-order valence-electron chi connectivity index (χ4n) is 2.71. The van der Waals surface area contributed by atoms with Crippen molar-refractivity contribution in [3.8, 4) is 0 Å². The van der Waals surface area contributed by atoms with Gasteiger partial charge in [0.05, 0.1) is 10.5 Å². The molecule has 1 aliphatic rings. The Balaban J connectivity index is 2.01. The Labute approximate surface area is 140 Å². The predicted octanol–water partition coefficient (Wildman–Crippen LogP) is 1.40. The number of carbonyl (C=O) groups excluding carboxylic acids is 2. The van der Waals surface area contributed by atoms with Crippen LogP contribution in [0.4, 0.5) is 11.4 Å². The minimum absolute atomic E-state index is 0.0275. The van der Waals surface area contributed by atoms with Crippen LogP contribution in [0.5, 0.6) is 0 Å². The Hall–Kier alpha value is -2.64. The van der Waals surface area contributed by atoms with Crippen LogP contribution in [0.3, 0.4) is 0 Å². The van der Waals surface area contributed by atoms with Crippen molar-refractivity contribution in [2.24, 2.45) is 0 Å². The van der Waals surface area contributed by atoms with Crippen LogP contribution in [0.25, 0.3) is 0 Å². The van der Waals surface area contributed by atoms with E-state index in [1.54, 1.807) is 30.0 Å². The Morgan fingerprint density at radius 1 is 1.29 bits per heavy atom. The summed E-state index contributed by atoms with van der Waals surface area (Å²) in [6, 6.07) is 4.17. The largest absolute Gasteiger partial charge is 0.377 e. The fraction of sp³-hybridized carbons (Fsp3) is 0.500. The van der Waals surface area contributed by atoms with Gasteiger partial charge in [-0.15, -0.1) is 0 Å². The summed E-state index contributed by atoms with van der Waals surface area (Å²) >= 11 is 0. The highest BCUT2D eigenvalue weighted by molar-refractivity contribution is 6.00. The number of nitrogens with zero attached hydrogens (tertiary/aromatic N) is 3. The molecule has 8 nitrogen and oxygen atoms in total. The number of nitrogens with one attached hydrogen (secondary N) is 1.